The number of nitrogens with zero attached hydrogens (tertiary/aromatic N) is 3. The molecule has 0 amide bonds. The summed E-state index contributed by atoms with van der Waals surface area (Å²) in [5.74, 6) is 0. The predicted octanol–water partition coefficient (Wildman–Crippen LogP) is 1.01. The Balaban J connectivity index is 2.07. The zero-order valence-electron chi connectivity index (χ0n) is 15.8. The lowest BCUT2D eigenvalue weighted by Crippen LogP contribution is -2.49. The summed E-state index contributed by atoms with van der Waals surface area (Å²) in [4.78, 5) is 48.4. The fourth-order valence-electron chi connectivity index (χ4n) is 2.83. The number of hydrogen-bond acceptors (Lipinski definition) is 7. The number of sulfone groups is 1. The van der Waals surface area contributed by atoms with Gasteiger partial charge in [0.15, 0.2) is 0 Å². The lowest BCUT2D eigenvalue weighted by molar-refractivity contribution is -0.384. The molecule has 0 saturated heterocycles. The highest BCUT2D eigenvalue weighted by atomic mass is 32.2. The summed E-state index contributed by atoms with van der Waals surface area (Å²) >= 11 is 0. The fraction of sp³-hybridized carbons (Fsp3) is 0.167. The highest BCUT2D eigenvalue weighted by Gasteiger charge is 2.20. The molecule has 0 spiro atoms. The smallest absolute Gasteiger partial charge is 0.258 e. The molecule has 1 aromatic heterocycles. The second kappa shape index (κ2) is 7.55. The first-order chi connectivity index (χ1) is 14.0. The molecule has 0 saturated carbocycles. The van der Waals surface area contributed by atoms with Crippen molar-refractivity contribution in [1.29, 1.82) is 0 Å². The van der Waals surface area contributed by atoms with Crippen LogP contribution >= 0.6 is 0 Å². The van der Waals surface area contributed by atoms with E-state index in [1.54, 1.807) is 13.8 Å². The van der Waals surface area contributed by atoms with Crippen LogP contribution < -0.4 is 17.1 Å². The molecule has 0 aliphatic heterocycles. The van der Waals surface area contributed by atoms with Crippen LogP contribution in [0.5, 0.6) is 0 Å². The number of aromatic amines is 1. The molecule has 3 aromatic rings. The molecule has 0 atom stereocenters. The van der Waals surface area contributed by atoms with E-state index in [-0.39, 0.29) is 21.2 Å². The van der Waals surface area contributed by atoms with Crippen LogP contribution in [-0.2, 0) is 9.84 Å². The van der Waals surface area contributed by atoms with Crippen LogP contribution in [0.3, 0.4) is 0 Å². The van der Waals surface area contributed by atoms with Gasteiger partial charge in [-0.2, -0.15) is 0 Å². The third kappa shape index (κ3) is 3.59. The number of nitro groups is 1. The summed E-state index contributed by atoms with van der Waals surface area (Å²) in [7, 11) is -3.98. The van der Waals surface area contributed by atoms with E-state index in [4.69, 9.17) is 0 Å². The van der Waals surface area contributed by atoms with Gasteiger partial charge >= 0.3 is 17.1 Å². The van der Waals surface area contributed by atoms with Gasteiger partial charge in [-0.3, -0.25) is 15.1 Å². The van der Waals surface area contributed by atoms with Crippen molar-refractivity contribution in [1.82, 2.24) is 14.1 Å². The van der Waals surface area contributed by atoms with E-state index in [9.17, 15) is 32.9 Å². The van der Waals surface area contributed by atoms with Gasteiger partial charge < -0.3 is 0 Å². The molecule has 30 heavy (non-hydrogen) atoms. The molecular weight excluding hydrogens is 416 g/mol. The largest absolute Gasteiger partial charge is 0.341 e. The fourth-order valence-corrected chi connectivity index (χ4v) is 4.09. The maximum absolute atomic E-state index is 12.7. The summed E-state index contributed by atoms with van der Waals surface area (Å²) in [5.41, 5.74) is -2.83. The van der Waals surface area contributed by atoms with Crippen LogP contribution in [0.1, 0.15) is 19.9 Å². The topological polar surface area (TPSA) is 154 Å². The number of rotatable bonds is 5. The molecule has 0 aliphatic rings. The van der Waals surface area contributed by atoms with Crippen molar-refractivity contribution in [2.45, 2.75) is 29.7 Å². The molecule has 0 fully saturated rings. The van der Waals surface area contributed by atoms with Crippen LogP contribution in [-0.4, -0.2) is 27.5 Å². The number of H-pyrrole nitrogens is 1. The van der Waals surface area contributed by atoms with Crippen molar-refractivity contribution >= 4 is 15.5 Å². The summed E-state index contributed by atoms with van der Waals surface area (Å²) < 4.78 is 27.1. The van der Waals surface area contributed by atoms with E-state index >= 15 is 0 Å². The minimum absolute atomic E-state index is 0.0679. The standard InChI is InChI=1S/C18H16N4O7S/c1-11(2)20-16(23)19-17(24)21(18(20)25)12-3-7-14(8-4-12)30(28,29)15-9-5-13(6-10-15)22(26)27/h3-11H,1-2H3,(H,19,23,24). The highest BCUT2D eigenvalue weighted by molar-refractivity contribution is 7.91. The molecule has 1 N–H and O–H groups in total. The zero-order valence-corrected chi connectivity index (χ0v) is 16.6. The lowest BCUT2D eigenvalue weighted by Gasteiger charge is -2.12. The summed E-state index contributed by atoms with van der Waals surface area (Å²) in [6.45, 7) is 3.21. The molecule has 0 bridgehead atoms. The van der Waals surface area contributed by atoms with Crippen LogP contribution in [0.4, 0.5) is 5.69 Å². The summed E-state index contributed by atoms with van der Waals surface area (Å²) in [6.07, 6.45) is 0. The second-order valence-corrected chi connectivity index (χ2v) is 8.52. The summed E-state index contributed by atoms with van der Waals surface area (Å²) in [5, 5.41) is 10.7. The predicted molar refractivity (Wildman–Crippen MR) is 106 cm³/mol. The third-order valence-corrected chi connectivity index (χ3v) is 6.10. The number of non-ortho nitro benzene ring substituents is 1. The maximum Gasteiger partial charge on any atom is 0.341 e. The lowest BCUT2D eigenvalue weighted by atomic mass is 10.3. The molecule has 12 heteroatoms. The zero-order chi connectivity index (χ0) is 22.2. The Morgan fingerprint density at radius 3 is 1.87 bits per heavy atom. The molecule has 1 heterocycles. The Kier molecular flexibility index (Phi) is 5.27. The van der Waals surface area contributed by atoms with Crippen LogP contribution in [0.15, 0.2) is 72.7 Å². The molecular formula is C18H16N4O7S. The number of aromatic nitrogens is 3. The molecule has 11 nitrogen and oxygen atoms in total. The van der Waals surface area contributed by atoms with Crippen LogP contribution in [0.25, 0.3) is 5.69 Å². The van der Waals surface area contributed by atoms with Crippen LogP contribution in [0, 0.1) is 10.1 Å². The Hall–Kier alpha value is -3.80. The van der Waals surface area contributed by atoms with Gasteiger partial charge in [0.05, 0.1) is 20.4 Å². The van der Waals surface area contributed by atoms with Crippen molar-refractivity contribution < 1.29 is 13.3 Å². The van der Waals surface area contributed by atoms with Crippen LogP contribution in [0.2, 0.25) is 0 Å². The highest BCUT2D eigenvalue weighted by Crippen LogP contribution is 2.23. The average molecular weight is 432 g/mol. The van der Waals surface area contributed by atoms with E-state index in [1.165, 1.54) is 24.3 Å². The Morgan fingerprint density at radius 2 is 1.40 bits per heavy atom. The van der Waals surface area contributed by atoms with Crippen molar-refractivity contribution in [3.05, 3.63) is 90.1 Å². The first kappa shape index (κ1) is 20.9. The van der Waals surface area contributed by atoms with E-state index in [0.717, 1.165) is 33.4 Å². The first-order valence-electron chi connectivity index (χ1n) is 8.62. The second-order valence-electron chi connectivity index (χ2n) is 6.57. The van der Waals surface area contributed by atoms with E-state index in [1.807, 2.05) is 0 Å². The van der Waals surface area contributed by atoms with Gasteiger partial charge in [-0.05, 0) is 50.2 Å². The van der Waals surface area contributed by atoms with E-state index in [2.05, 4.69) is 4.98 Å². The SMILES string of the molecule is CC(C)n1c(=O)[nH]c(=O)n(-c2ccc(S(=O)(=O)c3ccc([N+](=O)[O-])cc3)cc2)c1=O. The molecule has 0 aliphatic carbocycles. The minimum Gasteiger partial charge on any atom is -0.258 e. The molecule has 2 aromatic carbocycles. The molecule has 0 unspecified atom stereocenters. The quantitative estimate of drug-likeness (QED) is 0.466. The number of hydrogen-bond donors (Lipinski definition) is 1. The minimum atomic E-state index is -3.98. The monoisotopic (exact) mass is 432 g/mol. The van der Waals surface area contributed by atoms with Gasteiger partial charge in [0.25, 0.3) is 5.69 Å². The van der Waals surface area contributed by atoms with Gasteiger partial charge in [0, 0.05) is 18.2 Å². The Morgan fingerprint density at radius 1 is 0.900 bits per heavy atom. The summed E-state index contributed by atoms with van der Waals surface area (Å²) in [6, 6.07) is 8.80. The number of nitrogens with one attached hydrogen (secondary N) is 1. The van der Waals surface area contributed by atoms with E-state index < -0.39 is 37.9 Å². The van der Waals surface area contributed by atoms with Crippen molar-refractivity contribution in [2.75, 3.05) is 0 Å². The first-order valence-corrected chi connectivity index (χ1v) is 10.1. The van der Waals surface area contributed by atoms with Gasteiger partial charge in [-0.1, -0.05) is 0 Å². The van der Waals surface area contributed by atoms with Crippen molar-refractivity contribution in [3.8, 4) is 5.69 Å². The third-order valence-electron chi connectivity index (χ3n) is 4.31. The van der Waals surface area contributed by atoms with Crippen molar-refractivity contribution in [2.24, 2.45) is 0 Å². The molecule has 156 valence electrons. The van der Waals surface area contributed by atoms with Crippen molar-refractivity contribution in [3.63, 3.8) is 0 Å². The van der Waals surface area contributed by atoms with Gasteiger partial charge in [-0.15, -0.1) is 0 Å². The van der Waals surface area contributed by atoms with E-state index in [0.29, 0.717) is 0 Å². The maximum atomic E-state index is 12.7. The van der Waals surface area contributed by atoms with Gasteiger partial charge in [-0.25, -0.2) is 31.9 Å². The molecule has 0 radical (unpaired) electrons. The average Bonchev–Trinajstić information content (AvgIpc) is 2.67. The normalized spacial score (nSPS) is 11.6. The van der Waals surface area contributed by atoms with Gasteiger partial charge in [0.1, 0.15) is 0 Å². The Bertz CT molecular complexity index is 1400. The molecule has 3 rings (SSSR count). The number of nitro benzene ring substituents is 1. The van der Waals surface area contributed by atoms with Gasteiger partial charge in [0.2, 0.25) is 9.84 Å². The Labute approximate surface area is 168 Å². The number of benzene rings is 2.